The van der Waals surface area contributed by atoms with E-state index in [2.05, 4.69) is 18.7 Å². The summed E-state index contributed by atoms with van der Waals surface area (Å²) in [7, 11) is 1.73. The SMILES string of the molecule is CCOC(=O)CCCCCN(CCOC)C(C)C. The Morgan fingerprint density at radius 3 is 2.44 bits per heavy atom. The van der Waals surface area contributed by atoms with Crippen LogP contribution in [-0.2, 0) is 14.3 Å². The summed E-state index contributed by atoms with van der Waals surface area (Å²) in [5.41, 5.74) is 0. The van der Waals surface area contributed by atoms with Crippen molar-refractivity contribution < 1.29 is 14.3 Å². The van der Waals surface area contributed by atoms with Crippen LogP contribution >= 0.6 is 0 Å². The first-order valence-electron chi connectivity index (χ1n) is 7.00. The first kappa shape index (κ1) is 17.4. The zero-order valence-corrected chi connectivity index (χ0v) is 12.4. The third kappa shape index (κ3) is 9.42. The standard InChI is InChI=1S/C14H29NO3/c1-5-18-14(16)9-7-6-8-10-15(13(2)3)11-12-17-4/h13H,5-12H2,1-4H3. The molecule has 0 bridgehead atoms. The molecule has 0 saturated heterocycles. The minimum absolute atomic E-state index is 0.0717. The molecule has 0 rings (SSSR count). The number of unbranched alkanes of at least 4 members (excludes halogenated alkanes) is 2. The van der Waals surface area contributed by atoms with Crippen molar-refractivity contribution in [3.8, 4) is 0 Å². The largest absolute Gasteiger partial charge is 0.466 e. The molecular weight excluding hydrogens is 230 g/mol. The average Bonchev–Trinajstić information content (AvgIpc) is 2.32. The van der Waals surface area contributed by atoms with E-state index in [4.69, 9.17) is 9.47 Å². The Labute approximate surface area is 112 Å². The first-order valence-corrected chi connectivity index (χ1v) is 7.00. The summed E-state index contributed by atoms with van der Waals surface area (Å²) in [6.07, 6.45) is 3.68. The predicted molar refractivity (Wildman–Crippen MR) is 73.7 cm³/mol. The summed E-state index contributed by atoms with van der Waals surface area (Å²) in [5, 5.41) is 0. The van der Waals surface area contributed by atoms with Gasteiger partial charge < -0.3 is 9.47 Å². The highest BCUT2D eigenvalue weighted by molar-refractivity contribution is 5.69. The second-order valence-electron chi connectivity index (χ2n) is 4.74. The smallest absolute Gasteiger partial charge is 0.305 e. The van der Waals surface area contributed by atoms with Crippen molar-refractivity contribution in [2.24, 2.45) is 0 Å². The fourth-order valence-corrected chi connectivity index (χ4v) is 1.83. The number of methoxy groups -OCH3 is 1. The summed E-state index contributed by atoms with van der Waals surface area (Å²) in [6.45, 7) is 9.56. The van der Waals surface area contributed by atoms with Crippen molar-refractivity contribution in [1.29, 1.82) is 0 Å². The van der Waals surface area contributed by atoms with Gasteiger partial charge in [0, 0.05) is 26.1 Å². The van der Waals surface area contributed by atoms with Gasteiger partial charge in [0.15, 0.2) is 0 Å². The molecule has 0 aromatic carbocycles. The Balaban J connectivity index is 3.57. The van der Waals surface area contributed by atoms with Gasteiger partial charge in [-0.15, -0.1) is 0 Å². The number of ether oxygens (including phenoxy) is 2. The lowest BCUT2D eigenvalue weighted by atomic mass is 10.1. The Bertz CT molecular complexity index is 207. The summed E-state index contributed by atoms with van der Waals surface area (Å²) in [5.74, 6) is -0.0717. The molecule has 0 radical (unpaired) electrons. The van der Waals surface area contributed by atoms with Gasteiger partial charge in [0.1, 0.15) is 0 Å². The summed E-state index contributed by atoms with van der Waals surface area (Å²) in [6, 6.07) is 0.546. The van der Waals surface area contributed by atoms with Gasteiger partial charge in [0.05, 0.1) is 13.2 Å². The molecule has 0 spiro atoms. The van der Waals surface area contributed by atoms with Crippen LogP contribution in [0, 0.1) is 0 Å². The Kier molecular flexibility index (Phi) is 11.1. The van der Waals surface area contributed by atoms with Gasteiger partial charge in [-0.05, 0) is 40.2 Å². The molecule has 0 aliphatic rings. The number of hydrogen-bond acceptors (Lipinski definition) is 4. The topological polar surface area (TPSA) is 38.8 Å². The number of esters is 1. The number of carbonyl (C=O) groups excluding carboxylic acids is 1. The van der Waals surface area contributed by atoms with Crippen molar-refractivity contribution in [3.63, 3.8) is 0 Å². The van der Waals surface area contributed by atoms with Crippen LogP contribution in [0.2, 0.25) is 0 Å². The van der Waals surface area contributed by atoms with E-state index in [1.165, 1.54) is 0 Å². The van der Waals surface area contributed by atoms with Crippen molar-refractivity contribution in [2.75, 3.05) is 33.4 Å². The summed E-state index contributed by atoms with van der Waals surface area (Å²) >= 11 is 0. The third-order valence-electron chi connectivity index (χ3n) is 2.94. The molecular formula is C14H29NO3. The van der Waals surface area contributed by atoms with Gasteiger partial charge >= 0.3 is 5.97 Å². The third-order valence-corrected chi connectivity index (χ3v) is 2.94. The van der Waals surface area contributed by atoms with E-state index in [1.807, 2.05) is 6.92 Å². The van der Waals surface area contributed by atoms with E-state index >= 15 is 0 Å². The van der Waals surface area contributed by atoms with Gasteiger partial charge in [-0.1, -0.05) is 6.42 Å². The van der Waals surface area contributed by atoms with Gasteiger partial charge in [-0.25, -0.2) is 0 Å². The van der Waals surface area contributed by atoms with Crippen LogP contribution in [-0.4, -0.2) is 50.3 Å². The average molecular weight is 259 g/mol. The molecule has 0 heterocycles. The second kappa shape index (κ2) is 11.5. The van der Waals surface area contributed by atoms with Crippen molar-refractivity contribution >= 4 is 5.97 Å². The van der Waals surface area contributed by atoms with Gasteiger partial charge in [-0.2, -0.15) is 0 Å². The molecule has 4 nitrogen and oxygen atoms in total. The summed E-state index contributed by atoms with van der Waals surface area (Å²) in [4.78, 5) is 13.6. The van der Waals surface area contributed by atoms with Crippen molar-refractivity contribution in [1.82, 2.24) is 4.90 Å². The van der Waals surface area contributed by atoms with Gasteiger partial charge in [0.2, 0.25) is 0 Å². The molecule has 0 aliphatic carbocycles. The Morgan fingerprint density at radius 1 is 1.17 bits per heavy atom. The minimum atomic E-state index is -0.0717. The zero-order chi connectivity index (χ0) is 13.8. The number of hydrogen-bond donors (Lipinski definition) is 0. The molecule has 0 aromatic heterocycles. The minimum Gasteiger partial charge on any atom is -0.466 e. The highest BCUT2D eigenvalue weighted by Gasteiger charge is 2.08. The maximum absolute atomic E-state index is 11.1. The molecule has 108 valence electrons. The van der Waals surface area contributed by atoms with E-state index in [0.717, 1.165) is 39.0 Å². The van der Waals surface area contributed by atoms with Crippen LogP contribution in [0.5, 0.6) is 0 Å². The summed E-state index contributed by atoms with van der Waals surface area (Å²) < 4.78 is 10.0. The fourth-order valence-electron chi connectivity index (χ4n) is 1.83. The maximum Gasteiger partial charge on any atom is 0.305 e. The van der Waals surface area contributed by atoms with Crippen LogP contribution < -0.4 is 0 Å². The van der Waals surface area contributed by atoms with Gasteiger partial charge in [0.25, 0.3) is 0 Å². The maximum atomic E-state index is 11.1. The molecule has 0 saturated carbocycles. The monoisotopic (exact) mass is 259 g/mol. The number of carbonyl (C=O) groups is 1. The molecule has 18 heavy (non-hydrogen) atoms. The van der Waals surface area contributed by atoms with E-state index in [-0.39, 0.29) is 5.97 Å². The first-order chi connectivity index (χ1) is 8.61. The quantitative estimate of drug-likeness (QED) is 0.422. The lowest BCUT2D eigenvalue weighted by molar-refractivity contribution is -0.143. The molecule has 0 amide bonds. The van der Waals surface area contributed by atoms with E-state index in [9.17, 15) is 4.79 Å². The van der Waals surface area contributed by atoms with E-state index in [0.29, 0.717) is 19.1 Å². The van der Waals surface area contributed by atoms with Crippen LogP contribution in [0.1, 0.15) is 46.5 Å². The zero-order valence-electron chi connectivity index (χ0n) is 12.4. The van der Waals surface area contributed by atoms with Crippen LogP contribution in [0.4, 0.5) is 0 Å². The Hall–Kier alpha value is -0.610. The van der Waals surface area contributed by atoms with Crippen LogP contribution in [0.15, 0.2) is 0 Å². The molecule has 0 atom stereocenters. The number of rotatable bonds is 11. The van der Waals surface area contributed by atoms with E-state index in [1.54, 1.807) is 7.11 Å². The highest BCUT2D eigenvalue weighted by Crippen LogP contribution is 2.05. The van der Waals surface area contributed by atoms with Crippen LogP contribution in [0.3, 0.4) is 0 Å². The molecule has 4 heteroatoms. The highest BCUT2D eigenvalue weighted by atomic mass is 16.5. The second-order valence-corrected chi connectivity index (χ2v) is 4.74. The molecule has 0 N–H and O–H groups in total. The normalized spacial score (nSPS) is 11.2. The van der Waals surface area contributed by atoms with Crippen molar-refractivity contribution in [3.05, 3.63) is 0 Å². The lowest BCUT2D eigenvalue weighted by Gasteiger charge is -2.25. The number of nitrogens with zero attached hydrogens (tertiary/aromatic N) is 1. The Morgan fingerprint density at radius 2 is 1.89 bits per heavy atom. The van der Waals surface area contributed by atoms with Crippen LogP contribution in [0.25, 0.3) is 0 Å². The molecule has 0 fully saturated rings. The van der Waals surface area contributed by atoms with E-state index < -0.39 is 0 Å². The molecule has 0 unspecified atom stereocenters. The van der Waals surface area contributed by atoms with Gasteiger partial charge in [-0.3, -0.25) is 9.69 Å². The molecule has 0 aromatic rings. The van der Waals surface area contributed by atoms with Crippen molar-refractivity contribution in [2.45, 2.75) is 52.5 Å². The molecule has 0 aliphatic heterocycles. The fraction of sp³-hybridized carbons (Fsp3) is 0.929. The predicted octanol–water partition coefficient (Wildman–Crippen LogP) is 2.47. The lowest BCUT2D eigenvalue weighted by Crippen LogP contribution is -2.34.